The van der Waals surface area contributed by atoms with Crippen molar-refractivity contribution in [1.82, 2.24) is 9.88 Å². The second kappa shape index (κ2) is 8.29. The number of aromatic nitrogens is 1. The second-order valence-corrected chi connectivity index (χ2v) is 6.87. The third-order valence-corrected chi connectivity index (χ3v) is 5.26. The number of hydrogen-bond donors (Lipinski definition) is 0. The van der Waals surface area contributed by atoms with Crippen molar-refractivity contribution in [2.24, 2.45) is 5.92 Å². The standard InChI is InChI=1S/C21H28N2O/c1-17-5-3-4-6-19(17)8-7-18-10-13-23(14-11-18)16-20-15-22-12-9-21(20)24-2/h3-6,9,12,15,18H,7-8,10-11,13-14,16H2,1-2H3. The van der Waals surface area contributed by atoms with E-state index in [1.165, 1.54) is 55.5 Å². The van der Waals surface area contributed by atoms with E-state index in [1.54, 1.807) is 13.3 Å². The van der Waals surface area contributed by atoms with Gasteiger partial charge in [-0.25, -0.2) is 0 Å². The smallest absolute Gasteiger partial charge is 0.126 e. The predicted molar refractivity (Wildman–Crippen MR) is 98.3 cm³/mol. The fourth-order valence-electron chi connectivity index (χ4n) is 3.66. The van der Waals surface area contributed by atoms with Gasteiger partial charge in [-0.3, -0.25) is 9.88 Å². The Morgan fingerprint density at radius 3 is 2.67 bits per heavy atom. The summed E-state index contributed by atoms with van der Waals surface area (Å²) in [4.78, 5) is 6.77. The monoisotopic (exact) mass is 324 g/mol. The average molecular weight is 324 g/mol. The molecule has 0 amide bonds. The molecule has 0 atom stereocenters. The minimum absolute atomic E-state index is 0.858. The predicted octanol–water partition coefficient (Wildman–Crippen LogP) is 4.24. The van der Waals surface area contributed by atoms with Gasteiger partial charge < -0.3 is 4.74 Å². The molecule has 1 aromatic carbocycles. The van der Waals surface area contributed by atoms with Crippen LogP contribution >= 0.6 is 0 Å². The summed E-state index contributed by atoms with van der Waals surface area (Å²) in [6, 6.07) is 10.7. The van der Waals surface area contributed by atoms with E-state index >= 15 is 0 Å². The van der Waals surface area contributed by atoms with Gasteiger partial charge in [-0.2, -0.15) is 0 Å². The molecule has 1 aliphatic heterocycles. The summed E-state index contributed by atoms with van der Waals surface area (Å²) in [5.41, 5.74) is 4.14. The molecule has 0 unspecified atom stereocenters. The molecule has 1 aromatic heterocycles. The number of methoxy groups -OCH3 is 1. The van der Waals surface area contributed by atoms with Gasteiger partial charge in [0.15, 0.2) is 0 Å². The highest BCUT2D eigenvalue weighted by atomic mass is 16.5. The van der Waals surface area contributed by atoms with Gasteiger partial charge in [0.2, 0.25) is 0 Å². The molecular formula is C21H28N2O. The molecule has 128 valence electrons. The highest BCUT2D eigenvalue weighted by Gasteiger charge is 2.20. The fourth-order valence-corrected chi connectivity index (χ4v) is 3.66. The van der Waals surface area contributed by atoms with Gasteiger partial charge in [-0.15, -0.1) is 0 Å². The fraction of sp³-hybridized carbons (Fsp3) is 0.476. The van der Waals surface area contributed by atoms with Crippen LogP contribution in [0.2, 0.25) is 0 Å². The van der Waals surface area contributed by atoms with E-state index in [1.807, 2.05) is 12.3 Å². The van der Waals surface area contributed by atoms with Crippen LogP contribution in [0.3, 0.4) is 0 Å². The summed E-state index contributed by atoms with van der Waals surface area (Å²) in [7, 11) is 1.73. The molecule has 1 fully saturated rings. The van der Waals surface area contributed by atoms with Crippen LogP contribution in [0.4, 0.5) is 0 Å². The van der Waals surface area contributed by atoms with Crippen LogP contribution in [-0.4, -0.2) is 30.1 Å². The molecule has 0 bridgehead atoms. The molecule has 2 aromatic rings. The number of aryl methyl sites for hydroxylation is 2. The van der Waals surface area contributed by atoms with E-state index in [9.17, 15) is 0 Å². The zero-order valence-corrected chi connectivity index (χ0v) is 14.9. The van der Waals surface area contributed by atoms with E-state index in [0.717, 1.165) is 18.2 Å². The van der Waals surface area contributed by atoms with Crippen molar-refractivity contribution in [1.29, 1.82) is 0 Å². The zero-order chi connectivity index (χ0) is 16.8. The Kier molecular flexibility index (Phi) is 5.86. The van der Waals surface area contributed by atoms with Crippen LogP contribution in [0, 0.1) is 12.8 Å². The first kappa shape index (κ1) is 17.0. The van der Waals surface area contributed by atoms with Crippen molar-refractivity contribution in [3.63, 3.8) is 0 Å². The minimum atomic E-state index is 0.858. The van der Waals surface area contributed by atoms with Crippen LogP contribution in [-0.2, 0) is 13.0 Å². The zero-order valence-electron chi connectivity index (χ0n) is 14.9. The van der Waals surface area contributed by atoms with Gasteiger partial charge in [0, 0.05) is 24.5 Å². The van der Waals surface area contributed by atoms with Gasteiger partial charge in [0.25, 0.3) is 0 Å². The van der Waals surface area contributed by atoms with E-state index in [0.29, 0.717) is 0 Å². The summed E-state index contributed by atoms with van der Waals surface area (Å²) < 4.78 is 5.44. The van der Waals surface area contributed by atoms with E-state index < -0.39 is 0 Å². The highest BCUT2D eigenvalue weighted by molar-refractivity contribution is 5.29. The first-order valence-electron chi connectivity index (χ1n) is 9.00. The molecule has 3 nitrogen and oxygen atoms in total. The van der Waals surface area contributed by atoms with E-state index in [-0.39, 0.29) is 0 Å². The molecule has 0 aliphatic carbocycles. The largest absolute Gasteiger partial charge is 0.496 e. The maximum absolute atomic E-state index is 5.44. The number of nitrogens with zero attached hydrogens (tertiary/aromatic N) is 2. The van der Waals surface area contributed by atoms with Crippen LogP contribution in [0.5, 0.6) is 5.75 Å². The highest BCUT2D eigenvalue weighted by Crippen LogP contribution is 2.26. The number of ether oxygens (including phenoxy) is 1. The van der Waals surface area contributed by atoms with Crippen molar-refractivity contribution in [3.05, 3.63) is 59.4 Å². The SMILES string of the molecule is COc1ccncc1CN1CCC(CCc2ccccc2C)CC1. The summed E-state index contributed by atoms with van der Waals surface area (Å²) in [5, 5.41) is 0. The molecule has 0 spiro atoms. The van der Waals surface area contributed by atoms with Crippen molar-refractivity contribution < 1.29 is 4.74 Å². The number of hydrogen-bond acceptors (Lipinski definition) is 3. The molecule has 3 rings (SSSR count). The van der Waals surface area contributed by atoms with Gasteiger partial charge in [-0.05, 0) is 68.8 Å². The molecular weight excluding hydrogens is 296 g/mol. The molecule has 2 heterocycles. The molecule has 1 aliphatic rings. The van der Waals surface area contributed by atoms with Crippen molar-refractivity contribution in [2.45, 2.75) is 39.2 Å². The molecule has 0 saturated carbocycles. The van der Waals surface area contributed by atoms with Crippen molar-refractivity contribution in [2.75, 3.05) is 20.2 Å². The van der Waals surface area contributed by atoms with Crippen LogP contribution < -0.4 is 4.74 Å². The molecule has 1 saturated heterocycles. The lowest BCUT2D eigenvalue weighted by Crippen LogP contribution is -2.33. The first-order chi connectivity index (χ1) is 11.8. The summed E-state index contributed by atoms with van der Waals surface area (Å²) in [6.45, 7) is 5.52. The Morgan fingerprint density at radius 1 is 1.12 bits per heavy atom. The summed E-state index contributed by atoms with van der Waals surface area (Å²) >= 11 is 0. The Balaban J connectivity index is 1.47. The van der Waals surface area contributed by atoms with Crippen molar-refractivity contribution in [3.8, 4) is 5.75 Å². The number of pyridine rings is 1. The quantitative estimate of drug-likeness (QED) is 0.794. The third kappa shape index (κ3) is 4.35. The number of benzene rings is 1. The van der Waals surface area contributed by atoms with Crippen LogP contribution in [0.1, 0.15) is 36.0 Å². The topological polar surface area (TPSA) is 25.4 Å². The number of piperidine rings is 1. The van der Waals surface area contributed by atoms with Crippen LogP contribution in [0.25, 0.3) is 0 Å². The maximum Gasteiger partial charge on any atom is 0.126 e. The number of likely N-dealkylation sites (tertiary alicyclic amines) is 1. The normalized spacial score (nSPS) is 16.2. The summed E-state index contributed by atoms with van der Waals surface area (Å²) in [5.74, 6) is 1.81. The van der Waals surface area contributed by atoms with E-state index in [4.69, 9.17) is 4.74 Å². The second-order valence-electron chi connectivity index (χ2n) is 6.87. The third-order valence-electron chi connectivity index (χ3n) is 5.26. The lowest BCUT2D eigenvalue weighted by atomic mass is 9.89. The minimum Gasteiger partial charge on any atom is -0.496 e. The van der Waals surface area contributed by atoms with Gasteiger partial charge >= 0.3 is 0 Å². The van der Waals surface area contributed by atoms with Gasteiger partial charge in [0.1, 0.15) is 5.75 Å². The molecule has 24 heavy (non-hydrogen) atoms. The van der Waals surface area contributed by atoms with E-state index in [2.05, 4.69) is 41.1 Å². The lowest BCUT2D eigenvalue weighted by Gasteiger charge is -2.32. The average Bonchev–Trinajstić information content (AvgIpc) is 2.63. The molecule has 3 heteroatoms. The Labute approximate surface area is 145 Å². The first-order valence-corrected chi connectivity index (χ1v) is 9.00. The molecule has 0 radical (unpaired) electrons. The number of rotatable bonds is 6. The maximum atomic E-state index is 5.44. The Hall–Kier alpha value is -1.87. The van der Waals surface area contributed by atoms with Gasteiger partial charge in [0.05, 0.1) is 7.11 Å². The van der Waals surface area contributed by atoms with Gasteiger partial charge in [-0.1, -0.05) is 24.3 Å². The van der Waals surface area contributed by atoms with Crippen molar-refractivity contribution >= 4 is 0 Å². The Bertz CT molecular complexity index is 648. The molecule has 0 N–H and O–H groups in total. The Morgan fingerprint density at radius 2 is 1.92 bits per heavy atom. The lowest BCUT2D eigenvalue weighted by molar-refractivity contribution is 0.171. The summed E-state index contributed by atoms with van der Waals surface area (Å²) in [6.07, 6.45) is 8.86. The van der Waals surface area contributed by atoms with Crippen LogP contribution in [0.15, 0.2) is 42.7 Å².